The van der Waals surface area contributed by atoms with Gasteiger partial charge in [0.25, 0.3) is 0 Å². The van der Waals surface area contributed by atoms with Gasteiger partial charge in [-0.25, -0.2) is 0 Å². The second-order valence-corrected chi connectivity index (χ2v) is 5.50. The van der Waals surface area contributed by atoms with Crippen LogP contribution in [0.4, 0.5) is 0 Å². The molecule has 0 saturated carbocycles. The molecule has 23 heavy (non-hydrogen) atoms. The Labute approximate surface area is 137 Å². The lowest BCUT2D eigenvalue weighted by Crippen LogP contribution is -2.34. The van der Waals surface area contributed by atoms with Gasteiger partial charge >= 0.3 is 0 Å². The van der Waals surface area contributed by atoms with Crippen molar-refractivity contribution in [3.05, 3.63) is 65.2 Å². The van der Waals surface area contributed by atoms with Crippen LogP contribution >= 0.6 is 0 Å². The first-order chi connectivity index (χ1) is 11.2. The van der Waals surface area contributed by atoms with Gasteiger partial charge in [0.15, 0.2) is 0 Å². The topological polar surface area (TPSA) is 50.4 Å². The van der Waals surface area contributed by atoms with Crippen LogP contribution in [0.25, 0.3) is 0 Å². The van der Waals surface area contributed by atoms with E-state index in [4.69, 9.17) is 4.74 Å². The quantitative estimate of drug-likeness (QED) is 0.787. The Morgan fingerprint density at radius 3 is 2.74 bits per heavy atom. The Hall–Kier alpha value is -2.33. The van der Waals surface area contributed by atoms with Crippen molar-refractivity contribution in [3.63, 3.8) is 0 Å². The van der Waals surface area contributed by atoms with Gasteiger partial charge in [0.05, 0.1) is 13.7 Å². The van der Waals surface area contributed by atoms with Crippen molar-refractivity contribution < 1.29 is 9.53 Å². The Bertz CT molecular complexity index is 641. The Kier molecular flexibility index (Phi) is 6.63. The van der Waals surface area contributed by atoms with Crippen molar-refractivity contribution in [3.8, 4) is 5.75 Å². The van der Waals surface area contributed by atoms with E-state index in [2.05, 4.69) is 35.8 Å². The molecule has 0 radical (unpaired) electrons. The Morgan fingerprint density at radius 2 is 1.96 bits per heavy atom. The van der Waals surface area contributed by atoms with Crippen molar-refractivity contribution in [2.75, 3.05) is 20.2 Å². The number of para-hydroxylation sites is 1. The standard InChI is InChI=1S/C19H24N2O2/c1-15-6-5-7-16(12-15)13-20-14-19(22)21-11-10-17-8-3-4-9-18(17)23-2/h3-9,12,20H,10-11,13-14H2,1-2H3,(H,21,22). The summed E-state index contributed by atoms with van der Waals surface area (Å²) in [5.74, 6) is 0.867. The van der Waals surface area contributed by atoms with E-state index in [1.54, 1.807) is 7.11 Å². The summed E-state index contributed by atoms with van der Waals surface area (Å²) in [6.07, 6.45) is 0.758. The average Bonchev–Trinajstić information content (AvgIpc) is 2.55. The van der Waals surface area contributed by atoms with Gasteiger partial charge in [-0.1, -0.05) is 48.0 Å². The minimum atomic E-state index is 0.00699. The number of amides is 1. The smallest absolute Gasteiger partial charge is 0.233 e. The lowest BCUT2D eigenvalue weighted by atomic mass is 10.1. The predicted molar refractivity (Wildman–Crippen MR) is 92.6 cm³/mol. The highest BCUT2D eigenvalue weighted by atomic mass is 16.5. The van der Waals surface area contributed by atoms with Crippen LogP contribution in [0.2, 0.25) is 0 Å². The van der Waals surface area contributed by atoms with Gasteiger partial charge in [-0.15, -0.1) is 0 Å². The van der Waals surface area contributed by atoms with E-state index in [9.17, 15) is 4.79 Å². The molecule has 0 spiro atoms. The van der Waals surface area contributed by atoms with E-state index in [-0.39, 0.29) is 5.91 Å². The van der Waals surface area contributed by atoms with Crippen LogP contribution in [0.1, 0.15) is 16.7 Å². The molecule has 0 aromatic heterocycles. The highest BCUT2D eigenvalue weighted by Crippen LogP contribution is 2.17. The zero-order valence-electron chi connectivity index (χ0n) is 13.8. The normalized spacial score (nSPS) is 10.3. The zero-order valence-corrected chi connectivity index (χ0v) is 13.8. The highest BCUT2D eigenvalue weighted by molar-refractivity contribution is 5.77. The molecule has 0 unspecified atom stereocenters. The lowest BCUT2D eigenvalue weighted by molar-refractivity contribution is -0.120. The molecule has 0 atom stereocenters. The number of nitrogens with one attached hydrogen (secondary N) is 2. The van der Waals surface area contributed by atoms with Crippen molar-refractivity contribution in [2.24, 2.45) is 0 Å². The highest BCUT2D eigenvalue weighted by Gasteiger charge is 2.04. The van der Waals surface area contributed by atoms with Crippen LogP contribution in [-0.4, -0.2) is 26.1 Å². The van der Waals surface area contributed by atoms with Gasteiger partial charge in [-0.05, 0) is 30.5 Å². The molecule has 1 amide bonds. The molecule has 4 nitrogen and oxygen atoms in total. The lowest BCUT2D eigenvalue weighted by Gasteiger charge is -2.10. The van der Waals surface area contributed by atoms with Crippen molar-refractivity contribution in [2.45, 2.75) is 19.9 Å². The molecule has 0 aliphatic heterocycles. The summed E-state index contributed by atoms with van der Waals surface area (Å²) in [6, 6.07) is 16.1. The second-order valence-electron chi connectivity index (χ2n) is 5.50. The molecule has 0 fully saturated rings. The first-order valence-electron chi connectivity index (χ1n) is 7.84. The summed E-state index contributed by atoms with van der Waals surface area (Å²) in [4.78, 5) is 11.8. The molecular weight excluding hydrogens is 288 g/mol. The molecule has 2 N–H and O–H groups in total. The number of benzene rings is 2. The first-order valence-corrected chi connectivity index (χ1v) is 7.84. The number of hydrogen-bond acceptors (Lipinski definition) is 3. The fraction of sp³-hybridized carbons (Fsp3) is 0.316. The molecule has 0 aliphatic rings. The van der Waals surface area contributed by atoms with Gasteiger partial charge < -0.3 is 15.4 Å². The number of carbonyl (C=O) groups excluding carboxylic acids is 1. The van der Waals surface area contributed by atoms with Crippen molar-refractivity contribution >= 4 is 5.91 Å². The van der Waals surface area contributed by atoms with Gasteiger partial charge in [0.1, 0.15) is 5.75 Å². The van der Waals surface area contributed by atoms with Gasteiger partial charge in [-0.2, -0.15) is 0 Å². The maximum atomic E-state index is 11.8. The van der Waals surface area contributed by atoms with E-state index in [1.807, 2.05) is 30.3 Å². The van der Waals surface area contributed by atoms with E-state index in [0.29, 0.717) is 19.6 Å². The SMILES string of the molecule is COc1ccccc1CCNC(=O)CNCc1cccc(C)c1. The second kappa shape index (κ2) is 8.96. The zero-order chi connectivity index (χ0) is 16.5. The number of rotatable bonds is 8. The minimum absolute atomic E-state index is 0.00699. The van der Waals surface area contributed by atoms with Gasteiger partial charge in [-0.3, -0.25) is 4.79 Å². The van der Waals surface area contributed by atoms with Gasteiger partial charge in [0, 0.05) is 13.1 Å². The number of aryl methyl sites for hydroxylation is 1. The average molecular weight is 312 g/mol. The van der Waals surface area contributed by atoms with E-state index < -0.39 is 0 Å². The largest absolute Gasteiger partial charge is 0.496 e. The van der Waals surface area contributed by atoms with Crippen LogP contribution < -0.4 is 15.4 Å². The number of ether oxygens (including phenoxy) is 1. The molecule has 0 aliphatic carbocycles. The maximum absolute atomic E-state index is 11.8. The van der Waals surface area contributed by atoms with Gasteiger partial charge in [0.2, 0.25) is 5.91 Å². The molecule has 2 rings (SSSR count). The number of hydrogen-bond donors (Lipinski definition) is 2. The Balaban J connectivity index is 1.67. The summed E-state index contributed by atoms with van der Waals surface area (Å²) in [6.45, 7) is 3.68. The summed E-state index contributed by atoms with van der Waals surface area (Å²) in [7, 11) is 1.66. The van der Waals surface area contributed by atoms with E-state index in [0.717, 1.165) is 17.7 Å². The molecule has 2 aromatic carbocycles. The van der Waals surface area contributed by atoms with Crippen molar-refractivity contribution in [1.29, 1.82) is 0 Å². The molecule has 0 saturated heterocycles. The maximum Gasteiger partial charge on any atom is 0.233 e. The molecule has 122 valence electrons. The predicted octanol–water partition coefficient (Wildman–Crippen LogP) is 2.45. The van der Waals surface area contributed by atoms with Crippen molar-refractivity contribution in [1.82, 2.24) is 10.6 Å². The summed E-state index contributed by atoms with van der Waals surface area (Å²) < 4.78 is 5.30. The Morgan fingerprint density at radius 1 is 1.13 bits per heavy atom. The first kappa shape index (κ1) is 17.0. The van der Waals surface area contributed by atoms with E-state index >= 15 is 0 Å². The van der Waals surface area contributed by atoms with E-state index in [1.165, 1.54) is 11.1 Å². The number of methoxy groups -OCH3 is 1. The van der Waals surface area contributed by atoms with Crippen LogP contribution in [0.15, 0.2) is 48.5 Å². The summed E-state index contributed by atoms with van der Waals surface area (Å²) in [5.41, 5.74) is 3.51. The van der Waals surface area contributed by atoms with Crippen LogP contribution in [0.5, 0.6) is 5.75 Å². The number of carbonyl (C=O) groups is 1. The molecule has 0 bridgehead atoms. The third-order valence-corrected chi connectivity index (χ3v) is 3.61. The third-order valence-electron chi connectivity index (χ3n) is 3.61. The molecule has 0 heterocycles. The third kappa shape index (κ3) is 5.75. The molecular formula is C19H24N2O2. The summed E-state index contributed by atoms with van der Waals surface area (Å²) >= 11 is 0. The fourth-order valence-electron chi connectivity index (χ4n) is 2.45. The van der Waals surface area contributed by atoms with Crippen LogP contribution in [0.3, 0.4) is 0 Å². The molecule has 2 aromatic rings. The van der Waals surface area contributed by atoms with Crippen LogP contribution in [0, 0.1) is 6.92 Å². The summed E-state index contributed by atoms with van der Waals surface area (Å²) in [5, 5.41) is 6.09. The van der Waals surface area contributed by atoms with Crippen LogP contribution in [-0.2, 0) is 17.8 Å². The minimum Gasteiger partial charge on any atom is -0.496 e. The molecule has 4 heteroatoms. The fourth-order valence-corrected chi connectivity index (χ4v) is 2.45. The monoisotopic (exact) mass is 312 g/mol.